The van der Waals surface area contributed by atoms with Crippen LogP contribution < -0.4 is 5.73 Å². The molecule has 0 amide bonds. The molecule has 1 aromatic carbocycles. The number of rotatable bonds is 4. The Labute approximate surface area is 112 Å². The van der Waals surface area contributed by atoms with E-state index in [0.717, 1.165) is 5.56 Å². The maximum atomic E-state index is 10.4. The smallest absolute Gasteiger partial charge is 0.465 e. The van der Waals surface area contributed by atoms with Gasteiger partial charge < -0.3 is 20.3 Å². The Hall–Kier alpha value is -2.08. The number of benzene rings is 1. The van der Waals surface area contributed by atoms with Gasteiger partial charge in [-0.15, -0.1) is 0 Å². The summed E-state index contributed by atoms with van der Waals surface area (Å²) in [5.41, 5.74) is 6.00. The maximum absolute atomic E-state index is 10.4. The Bertz CT molecular complexity index is 378. The van der Waals surface area contributed by atoms with Crippen LogP contribution in [0.5, 0.6) is 0 Å². The predicted octanol–water partition coefficient (Wildman–Crippen LogP) is 1.78. The minimum Gasteiger partial charge on any atom is -0.465 e. The van der Waals surface area contributed by atoms with Crippen LogP contribution >= 0.6 is 0 Å². The van der Waals surface area contributed by atoms with Crippen molar-refractivity contribution >= 4 is 12.1 Å². The van der Waals surface area contributed by atoms with Crippen molar-refractivity contribution in [3.63, 3.8) is 0 Å². The first-order valence-electron chi connectivity index (χ1n) is 5.79. The van der Waals surface area contributed by atoms with Gasteiger partial charge in [-0.2, -0.15) is 0 Å². The lowest BCUT2D eigenvalue weighted by molar-refractivity contribution is -0.144. The van der Waals surface area contributed by atoms with Gasteiger partial charge >= 0.3 is 12.1 Å². The quantitative estimate of drug-likeness (QED) is 0.808. The average molecular weight is 269 g/mol. The maximum Gasteiger partial charge on any atom is 0.506 e. The lowest BCUT2D eigenvalue weighted by Crippen LogP contribution is -2.28. The van der Waals surface area contributed by atoms with Gasteiger partial charge in [0.1, 0.15) is 12.6 Å². The predicted molar refractivity (Wildman–Crippen MR) is 69.5 cm³/mol. The zero-order valence-electron chi connectivity index (χ0n) is 11.0. The molecule has 1 unspecified atom stereocenters. The Balaban J connectivity index is 0.000000362. The fourth-order valence-corrected chi connectivity index (χ4v) is 0.993. The standard InChI is InChI=1S/C8H8O3.C5H11NO2/c9-8(10)11-6-7-4-2-1-3-5-7;1-3-8-5(7)4(2)6/h1-5H,6H2,(H,9,10);4H,3,6H2,1-2H3. The molecule has 0 fully saturated rings. The van der Waals surface area contributed by atoms with Gasteiger partial charge in [0.05, 0.1) is 6.61 Å². The van der Waals surface area contributed by atoms with Crippen LogP contribution in [-0.2, 0) is 20.9 Å². The van der Waals surface area contributed by atoms with Gasteiger partial charge in [0.15, 0.2) is 0 Å². The van der Waals surface area contributed by atoms with Crippen LogP contribution in [0.4, 0.5) is 4.79 Å². The second kappa shape index (κ2) is 9.90. The zero-order valence-corrected chi connectivity index (χ0v) is 11.0. The van der Waals surface area contributed by atoms with Gasteiger partial charge in [-0.3, -0.25) is 4.79 Å². The van der Waals surface area contributed by atoms with Crippen LogP contribution in [0.15, 0.2) is 30.3 Å². The molecule has 19 heavy (non-hydrogen) atoms. The SMILES string of the molecule is CCOC(=O)C(C)N.O=C(O)OCc1ccccc1. The summed E-state index contributed by atoms with van der Waals surface area (Å²) in [5, 5.41) is 8.15. The second-order valence-electron chi connectivity index (χ2n) is 3.58. The van der Waals surface area contributed by atoms with Crippen molar-refractivity contribution in [2.24, 2.45) is 5.73 Å². The van der Waals surface area contributed by atoms with Gasteiger partial charge in [-0.05, 0) is 19.4 Å². The van der Waals surface area contributed by atoms with Crippen LogP contribution in [0.1, 0.15) is 19.4 Å². The number of ether oxygens (including phenoxy) is 2. The van der Waals surface area contributed by atoms with Crippen molar-refractivity contribution in [3.05, 3.63) is 35.9 Å². The first kappa shape index (κ1) is 16.9. The summed E-state index contributed by atoms with van der Waals surface area (Å²) in [6, 6.07) is 8.66. The van der Waals surface area contributed by atoms with E-state index in [2.05, 4.69) is 9.47 Å². The van der Waals surface area contributed by atoms with Crippen molar-refractivity contribution < 1.29 is 24.2 Å². The third-order valence-electron chi connectivity index (χ3n) is 1.86. The van der Waals surface area contributed by atoms with Gasteiger partial charge in [0.2, 0.25) is 0 Å². The van der Waals surface area contributed by atoms with Crippen LogP contribution in [-0.4, -0.2) is 29.9 Å². The van der Waals surface area contributed by atoms with Gasteiger partial charge in [-0.25, -0.2) is 4.79 Å². The van der Waals surface area contributed by atoms with Crippen LogP contribution in [0.25, 0.3) is 0 Å². The number of esters is 1. The van der Waals surface area contributed by atoms with E-state index < -0.39 is 12.2 Å². The number of carbonyl (C=O) groups is 2. The Morgan fingerprint density at radius 1 is 1.26 bits per heavy atom. The largest absolute Gasteiger partial charge is 0.506 e. The molecule has 1 atom stereocenters. The monoisotopic (exact) mass is 269 g/mol. The molecule has 0 heterocycles. The first-order valence-corrected chi connectivity index (χ1v) is 5.79. The molecule has 0 aromatic heterocycles. The van der Waals surface area contributed by atoms with Crippen molar-refractivity contribution in [1.29, 1.82) is 0 Å². The summed E-state index contributed by atoms with van der Waals surface area (Å²) in [4.78, 5) is 20.3. The summed E-state index contributed by atoms with van der Waals surface area (Å²) >= 11 is 0. The van der Waals surface area contributed by atoms with Gasteiger partial charge in [-0.1, -0.05) is 30.3 Å². The molecule has 0 aliphatic heterocycles. The number of hydrogen-bond acceptors (Lipinski definition) is 5. The highest BCUT2D eigenvalue weighted by molar-refractivity contribution is 5.74. The highest BCUT2D eigenvalue weighted by atomic mass is 16.7. The molecule has 0 bridgehead atoms. The minimum atomic E-state index is -1.24. The molecule has 0 radical (unpaired) electrons. The third kappa shape index (κ3) is 9.61. The number of nitrogens with two attached hydrogens (primary N) is 1. The number of hydrogen-bond donors (Lipinski definition) is 2. The van der Waals surface area contributed by atoms with Crippen LogP contribution in [0.2, 0.25) is 0 Å². The summed E-state index contributed by atoms with van der Waals surface area (Å²) in [7, 11) is 0. The van der Waals surface area contributed by atoms with E-state index in [1.165, 1.54) is 0 Å². The van der Waals surface area contributed by atoms with Gasteiger partial charge in [0, 0.05) is 0 Å². The molecule has 0 spiro atoms. The van der Waals surface area contributed by atoms with E-state index >= 15 is 0 Å². The van der Waals surface area contributed by atoms with Crippen molar-refractivity contribution in [2.45, 2.75) is 26.5 Å². The molecular weight excluding hydrogens is 250 g/mol. The van der Waals surface area contributed by atoms with Crippen molar-refractivity contribution in [1.82, 2.24) is 0 Å². The fourth-order valence-electron chi connectivity index (χ4n) is 0.993. The highest BCUT2D eigenvalue weighted by Gasteiger charge is 2.05. The normalized spacial score (nSPS) is 10.7. The molecule has 6 nitrogen and oxygen atoms in total. The molecule has 0 saturated heterocycles. The molecule has 1 aromatic rings. The summed E-state index contributed by atoms with van der Waals surface area (Å²) in [6.45, 7) is 3.87. The Morgan fingerprint density at radius 2 is 1.84 bits per heavy atom. The summed E-state index contributed by atoms with van der Waals surface area (Å²) < 4.78 is 8.88. The Morgan fingerprint density at radius 3 is 2.21 bits per heavy atom. The molecule has 0 saturated carbocycles. The molecule has 106 valence electrons. The van der Waals surface area contributed by atoms with E-state index in [1.807, 2.05) is 30.3 Å². The molecular formula is C13H19NO5. The number of carbonyl (C=O) groups excluding carboxylic acids is 1. The summed E-state index contributed by atoms with van der Waals surface area (Å²) in [6.07, 6.45) is -1.24. The number of carboxylic acid groups (broad SMARTS) is 1. The summed E-state index contributed by atoms with van der Waals surface area (Å²) in [5.74, 6) is -0.340. The second-order valence-corrected chi connectivity index (χ2v) is 3.58. The average Bonchev–Trinajstić information content (AvgIpc) is 2.38. The molecule has 6 heteroatoms. The van der Waals surface area contributed by atoms with E-state index in [-0.39, 0.29) is 12.6 Å². The molecule has 1 rings (SSSR count). The van der Waals surface area contributed by atoms with E-state index in [0.29, 0.717) is 6.61 Å². The molecule has 0 aliphatic rings. The lowest BCUT2D eigenvalue weighted by Gasteiger charge is -2.02. The van der Waals surface area contributed by atoms with Crippen LogP contribution in [0, 0.1) is 0 Å². The minimum absolute atomic E-state index is 0.121. The fraction of sp³-hybridized carbons (Fsp3) is 0.385. The first-order chi connectivity index (χ1) is 8.97. The van der Waals surface area contributed by atoms with E-state index in [9.17, 15) is 9.59 Å². The van der Waals surface area contributed by atoms with E-state index in [4.69, 9.17) is 10.8 Å². The van der Waals surface area contributed by atoms with Crippen LogP contribution in [0.3, 0.4) is 0 Å². The molecule has 0 aliphatic carbocycles. The van der Waals surface area contributed by atoms with Crippen molar-refractivity contribution in [3.8, 4) is 0 Å². The third-order valence-corrected chi connectivity index (χ3v) is 1.86. The lowest BCUT2D eigenvalue weighted by atomic mass is 10.2. The zero-order chi connectivity index (χ0) is 14.7. The van der Waals surface area contributed by atoms with E-state index in [1.54, 1.807) is 13.8 Å². The van der Waals surface area contributed by atoms with Crippen molar-refractivity contribution in [2.75, 3.05) is 6.61 Å². The van der Waals surface area contributed by atoms with Gasteiger partial charge in [0.25, 0.3) is 0 Å². The topological polar surface area (TPSA) is 98.9 Å². The molecule has 3 N–H and O–H groups in total. The highest BCUT2D eigenvalue weighted by Crippen LogP contribution is 1.99. The Kier molecular flexibility index (Phi) is 8.82.